The summed E-state index contributed by atoms with van der Waals surface area (Å²) in [6.07, 6.45) is 0. The van der Waals surface area contributed by atoms with E-state index in [4.69, 9.17) is 0 Å². The van der Waals surface area contributed by atoms with Gasteiger partial charge in [0.1, 0.15) is 0 Å². The van der Waals surface area contributed by atoms with Crippen molar-refractivity contribution in [2.75, 3.05) is 0 Å². The molecule has 0 fully saturated rings. The maximum atomic E-state index is 3.75. The SMILES string of the molecule is Brc1ccc2c3ccc4c5ccccc5c5ccccc5c4c3n(-c3ccc(-c4ccccc4)cc3)c2c1. The Kier molecular flexibility index (Phi) is 4.74. The van der Waals surface area contributed by atoms with E-state index in [-0.39, 0.29) is 0 Å². The van der Waals surface area contributed by atoms with Gasteiger partial charge in [-0.25, -0.2) is 0 Å². The van der Waals surface area contributed by atoms with E-state index in [1.165, 1.54) is 65.3 Å². The lowest BCUT2D eigenvalue weighted by Gasteiger charge is -2.15. The van der Waals surface area contributed by atoms with Crippen LogP contribution < -0.4 is 0 Å². The van der Waals surface area contributed by atoms with Crippen LogP contribution in [0.25, 0.3) is 70.9 Å². The van der Waals surface area contributed by atoms with Gasteiger partial charge < -0.3 is 4.57 Å². The van der Waals surface area contributed by atoms with Crippen LogP contribution in [0.1, 0.15) is 0 Å². The van der Waals surface area contributed by atoms with Crippen molar-refractivity contribution in [1.82, 2.24) is 4.57 Å². The van der Waals surface area contributed by atoms with Crippen LogP contribution in [0.15, 0.2) is 138 Å². The van der Waals surface area contributed by atoms with E-state index in [0.717, 1.165) is 10.2 Å². The lowest BCUT2D eigenvalue weighted by atomic mass is 9.93. The summed E-state index contributed by atoms with van der Waals surface area (Å²) in [6.45, 7) is 0. The maximum Gasteiger partial charge on any atom is 0.0625 e. The first kappa shape index (κ1) is 21.7. The fourth-order valence-electron chi connectivity index (χ4n) is 6.17. The van der Waals surface area contributed by atoms with E-state index in [2.05, 4.69) is 154 Å². The van der Waals surface area contributed by atoms with Gasteiger partial charge in [0.25, 0.3) is 0 Å². The second kappa shape index (κ2) is 8.31. The first-order chi connectivity index (χ1) is 18.8. The molecule has 0 radical (unpaired) electrons. The summed E-state index contributed by atoms with van der Waals surface area (Å²) in [5.74, 6) is 0. The Balaban J connectivity index is 1.56. The maximum absolute atomic E-state index is 3.75. The van der Waals surface area contributed by atoms with E-state index >= 15 is 0 Å². The molecule has 8 rings (SSSR count). The third kappa shape index (κ3) is 3.11. The highest BCUT2D eigenvalue weighted by atomic mass is 79.9. The summed E-state index contributed by atoms with van der Waals surface area (Å²) in [7, 11) is 0. The molecule has 0 saturated heterocycles. The standard InChI is InChI=1S/C36H22BrN/c37-25-16-19-30-33-21-20-32-29-12-5-4-10-27(29)28-11-6-7-13-31(28)35(32)36(33)38(34(30)22-25)26-17-14-24(15-18-26)23-8-2-1-3-9-23/h1-22H. The summed E-state index contributed by atoms with van der Waals surface area (Å²) in [5, 5.41) is 10.3. The van der Waals surface area contributed by atoms with Crippen LogP contribution >= 0.6 is 15.9 Å². The smallest absolute Gasteiger partial charge is 0.0625 e. The molecule has 1 aromatic heterocycles. The molecule has 0 aliphatic carbocycles. The molecule has 8 aromatic rings. The lowest BCUT2D eigenvalue weighted by Crippen LogP contribution is -1.95. The molecule has 0 amide bonds. The van der Waals surface area contributed by atoms with Gasteiger partial charge in [-0.3, -0.25) is 0 Å². The molecule has 0 N–H and O–H groups in total. The van der Waals surface area contributed by atoms with Gasteiger partial charge in [0.2, 0.25) is 0 Å². The molecule has 0 aliphatic heterocycles. The summed E-state index contributed by atoms with van der Waals surface area (Å²) >= 11 is 3.75. The van der Waals surface area contributed by atoms with Crippen LogP contribution in [0.4, 0.5) is 0 Å². The van der Waals surface area contributed by atoms with Crippen molar-refractivity contribution < 1.29 is 0 Å². The molecule has 1 nitrogen and oxygen atoms in total. The molecule has 0 spiro atoms. The third-order valence-corrected chi connectivity index (χ3v) is 8.32. The van der Waals surface area contributed by atoms with Crippen molar-refractivity contribution in [2.45, 2.75) is 0 Å². The zero-order valence-electron chi connectivity index (χ0n) is 20.5. The van der Waals surface area contributed by atoms with Crippen LogP contribution in [0.2, 0.25) is 0 Å². The van der Waals surface area contributed by atoms with Crippen molar-refractivity contribution >= 4 is 70.1 Å². The highest BCUT2D eigenvalue weighted by Crippen LogP contribution is 2.43. The number of nitrogens with zero attached hydrogens (tertiary/aromatic N) is 1. The Labute approximate surface area is 228 Å². The van der Waals surface area contributed by atoms with Gasteiger partial charge in [-0.1, -0.05) is 125 Å². The van der Waals surface area contributed by atoms with Gasteiger partial charge >= 0.3 is 0 Å². The third-order valence-electron chi connectivity index (χ3n) is 7.83. The summed E-state index contributed by atoms with van der Waals surface area (Å²) < 4.78 is 3.53. The Hall–Kier alpha value is -4.40. The molecule has 2 heteroatoms. The molecule has 0 atom stereocenters. The van der Waals surface area contributed by atoms with Crippen molar-refractivity contribution in [1.29, 1.82) is 0 Å². The van der Waals surface area contributed by atoms with Gasteiger partial charge in [-0.2, -0.15) is 0 Å². The van der Waals surface area contributed by atoms with Crippen LogP contribution in [-0.2, 0) is 0 Å². The normalized spacial score (nSPS) is 11.8. The predicted octanol–water partition coefficient (Wildman–Crippen LogP) is 10.7. The number of rotatable bonds is 2. The Bertz CT molecular complexity index is 2140. The van der Waals surface area contributed by atoms with Crippen molar-refractivity contribution in [3.8, 4) is 16.8 Å². The molecule has 0 unspecified atom stereocenters. The number of fused-ring (bicyclic) bond motifs is 10. The quantitative estimate of drug-likeness (QED) is 0.189. The van der Waals surface area contributed by atoms with E-state index in [1.54, 1.807) is 0 Å². The molecule has 7 aromatic carbocycles. The molecule has 0 saturated carbocycles. The molecule has 38 heavy (non-hydrogen) atoms. The van der Waals surface area contributed by atoms with Gasteiger partial charge in [-0.05, 0) is 62.3 Å². The molecular weight excluding hydrogens is 526 g/mol. The van der Waals surface area contributed by atoms with Crippen LogP contribution in [0, 0.1) is 0 Å². The average molecular weight is 548 g/mol. The Morgan fingerprint density at radius 3 is 1.66 bits per heavy atom. The largest absolute Gasteiger partial charge is 0.309 e. The zero-order valence-corrected chi connectivity index (χ0v) is 22.1. The first-order valence-electron chi connectivity index (χ1n) is 12.9. The number of hydrogen-bond acceptors (Lipinski definition) is 0. The van der Waals surface area contributed by atoms with Crippen molar-refractivity contribution in [3.63, 3.8) is 0 Å². The molecule has 1 heterocycles. The molecule has 0 aliphatic rings. The van der Waals surface area contributed by atoms with E-state index in [9.17, 15) is 0 Å². The molecular formula is C36H22BrN. The zero-order chi connectivity index (χ0) is 25.2. The highest BCUT2D eigenvalue weighted by Gasteiger charge is 2.19. The van der Waals surface area contributed by atoms with Gasteiger partial charge in [0, 0.05) is 26.3 Å². The van der Waals surface area contributed by atoms with Gasteiger partial charge in [0.15, 0.2) is 0 Å². The summed E-state index contributed by atoms with van der Waals surface area (Å²) in [6, 6.07) is 48.5. The Morgan fingerprint density at radius 1 is 0.421 bits per heavy atom. The minimum atomic E-state index is 1.08. The van der Waals surface area contributed by atoms with Crippen molar-refractivity contribution in [3.05, 3.63) is 138 Å². The first-order valence-corrected chi connectivity index (χ1v) is 13.7. The Morgan fingerprint density at radius 2 is 0.947 bits per heavy atom. The molecule has 0 bridgehead atoms. The molecule has 178 valence electrons. The van der Waals surface area contributed by atoms with E-state index < -0.39 is 0 Å². The minimum absolute atomic E-state index is 1.08. The lowest BCUT2D eigenvalue weighted by molar-refractivity contribution is 1.19. The topological polar surface area (TPSA) is 4.93 Å². The summed E-state index contributed by atoms with van der Waals surface area (Å²) in [4.78, 5) is 0. The number of hydrogen-bond donors (Lipinski definition) is 0. The predicted molar refractivity (Wildman–Crippen MR) is 166 cm³/mol. The monoisotopic (exact) mass is 547 g/mol. The minimum Gasteiger partial charge on any atom is -0.309 e. The summed E-state index contributed by atoms with van der Waals surface area (Å²) in [5.41, 5.74) is 6.06. The van der Waals surface area contributed by atoms with Crippen molar-refractivity contribution in [2.24, 2.45) is 0 Å². The highest BCUT2D eigenvalue weighted by molar-refractivity contribution is 9.10. The van der Waals surface area contributed by atoms with Gasteiger partial charge in [-0.15, -0.1) is 0 Å². The number of halogens is 1. The van der Waals surface area contributed by atoms with E-state index in [1.807, 2.05) is 0 Å². The van der Waals surface area contributed by atoms with Gasteiger partial charge in [0.05, 0.1) is 11.0 Å². The second-order valence-electron chi connectivity index (χ2n) is 9.89. The number of aromatic nitrogens is 1. The fourth-order valence-corrected chi connectivity index (χ4v) is 6.52. The van der Waals surface area contributed by atoms with Crippen LogP contribution in [0.3, 0.4) is 0 Å². The fraction of sp³-hybridized carbons (Fsp3) is 0. The van der Waals surface area contributed by atoms with Crippen LogP contribution in [0.5, 0.6) is 0 Å². The average Bonchev–Trinajstić information content (AvgIpc) is 3.31. The van der Waals surface area contributed by atoms with E-state index in [0.29, 0.717) is 0 Å². The van der Waals surface area contributed by atoms with Crippen LogP contribution in [-0.4, -0.2) is 4.57 Å². The second-order valence-corrected chi connectivity index (χ2v) is 10.8. The number of benzene rings is 7.